The third-order valence-electron chi connectivity index (χ3n) is 4.89. The summed E-state index contributed by atoms with van der Waals surface area (Å²) in [5.41, 5.74) is -0.652. The van der Waals surface area contributed by atoms with E-state index in [1.807, 2.05) is 0 Å². The molecule has 4 heteroatoms. The van der Waals surface area contributed by atoms with Crippen molar-refractivity contribution in [1.82, 2.24) is 10.6 Å². The molecule has 1 saturated carbocycles. The summed E-state index contributed by atoms with van der Waals surface area (Å²) in [4.78, 5) is 11.9. The van der Waals surface area contributed by atoms with Crippen LogP contribution < -0.4 is 10.6 Å². The summed E-state index contributed by atoms with van der Waals surface area (Å²) < 4.78 is 0. The maximum absolute atomic E-state index is 11.9. The van der Waals surface area contributed by atoms with Crippen LogP contribution in [-0.2, 0) is 4.79 Å². The van der Waals surface area contributed by atoms with Crippen LogP contribution in [0.5, 0.6) is 0 Å². The van der Waals surface area contributed by atoms with Crippen molar-refractivity contribution < 1.29 is 9.90 Å². The normalized spacial score (nSPS) is 24.1. The number of aliphatic hydroxyl groups is 1. The molecule has 0 unspecified atom stereocenters. The van der Waals surface area contributed by atoms with E-state index in [1.54, 1.807) is 0 Å². The highest BCUT2D eigenvalue weighted by molar-refractivity contribution is 5.75. The molecule has 1 aliphatic carbocycles. The molecular weight excluding hydrogens is 252 g/mol. The Morgan fingerprint density at radius 3 is 2.45 bits per heavy atom. The molecule has 3 N–H and O–H groups in total. The third-order valence-corrected chi connectivity index (χ3v) is 4.89. The minimum Gasteiger partial charge on any atom is -0.388 e. The minimum absolute atomic E-state index is 0.112. The van der Waals surface area contributed by atoms with Crippen LogP contribution in [0.1, 0.15) is 64.2 Å². The summed E-state index contributed by atoms with van der Waals surface area (Å²) in [6.45, 7) is 2.62. The van der Waals surface area contributed by atoms with Crippen molar-refractivity contribution in [3.63, 3.8) is 0 Å². The molecule has 0 aromatic heterocycles. The van der Waals surface area contributed by atoms with E-state index in [0.717, 1.165) is 45.2 Å². The Bertz CT molecular complexity index is 293. The average Bonchev–Trinajstić information content (AvgIpc) is 2.69. The SMILES string of the molecule is O=C(CCC1CCNCC1)NCC1(O)CCCCCC1. The lowest BCUT2D eigenvalue weighted by molar-refractivity contribution is -0.122. The van der Waals surface area contributed by atoms with Gasteiger partial charge in [0.25, 0.3) is 0 Å². The first kappa shape index (κ1) is 15.8. The average molecular weight is 282 g/mol. The predicted octanol–water partition coefficient (Wildman–Crippen LogP) is 1.97. The highest BCUT2D eigenvalue weighted by Gasteiger charge is 2.28. The molecule has 0 spiro atoms. The van der Waals surface area contributed by atoms with Gasteiger partial charge in [0.15, 0.2) is 0 Å². The molecule has 0 atom stereocenters. The van der Waals surface area contributed by atoms with E-state index in [9.17, 15) is 9.90 Å². The zero-order valence-electron chi connectivity index (χ0n) is 12.6. The number of rotatable bonds is 5. The number of hydrogen-bond acceptors (Lipinski definition) is 3. The zero-order chi connectivity index (χ0) is 14.3. The quantitative estimate of drug-likeness (QED) is 0.676. The summed E-state index contributed by atoms with van der Waals surface area (Å²) in [5.74, 6) is 0.809. The summed E-state index contributed by atoms with van der Waals surface area (Å²) >= 11 is 0. The topological polar surface area (TPSA) is 61.4 Å². The fraction of sp³-hybridized carbons (Fsp3) is 0.938. The lowest BCUT2D eigenvalue weighted by Crippen LogP contribution is -2.42. The van der Waals surface area contributed by atoms with Gasteiger partial charge in [-0.05, 0) is 51.1 Å². The number of carbonyl (C=O) groups is 1. The van der Waals surface area contributed by atoms with Crippen molar-refractivity contribution in [1.29, 1.82) is 0 Å². The van der Waals surface area contributed by atoms with Gasteiger partial charge in [0, 0.05) is 13.0 Å². The van der Waals surface area contributed by atoms with E-state index in [2.05, 4.69) is 10.6 Å². The maximum Gasteiger partial charge on any atom is 0.220 e. The molecule has 1 amide bonds. The summed E-state index contributed by atoms with van der Waals surface area (Å²) in [7, 11) is 0. The van der Waals surface area contributed by atoms with E-state index in [4.69, 9.17) is 0 Å². The van der Waals surface area contributed by atoms with E-state index < -0.39 is 5.60 Å². The molecule has 2 fully saturated rings. The first-order chi connectivity index (χ1) is 9.68. The van der Waals surface area contributed by atoms with Gasteiger partial charge in [-0.25, -0.2) is 0 Å². The summed E-state index contributed by atoms with van der Waals surface area (Å²) in [6.07, 6.45) is 10.3. The Labute approximate surface area is 122 Å². The molecule has 1 aliphatic heterocycles. The van der Waals surface area contributed by atoms with E-state index >= 15 is 0 Å². The Balaban J connectivity index is 1.63. The molecule has 0 aromatic carbocycles. The molecule has 1 saturated heterocycles. The van der Waals surface area contributed by atoms with E-state index in [1.165, 1.54) is 25.7 Å². The van der Waals surface area contributed by atoms with Gasteiger partial charge in [-0.15, -0.1) is 0 Å². The first-order valence-electron chi connectivity index (χ1n) is 8.38. The smallest absolute Gasteiger partial charge is 0.220 e. The van der Waals surface area contributed by atoms with Gasteiger partial charge in [0.05, 0.1) is 5.60 Å². The molecular formula is C16H30N2O2. The van der Waals surface area contributed by atoms with Gasteiger partial charge in [0.2, 0.25) is 5.91 Å². The van der Waals surface area contributed by atoms with Crippen LogP contribution in [-0.4, -0.2) is 36.2 Å². The fourth-order valence-electron chi connectivity index (χ4n) is 3.42. The molecule has 1 heterocycles. The number of piperidine rings is 1. The molecule has 2 aliphatic rings. The highest BCUT2D eigenvalue weighted by Crippen LogP contribution is 2.26. The van der Waals surface area contributed by atoms with Crippen LogP contribution in [0.4, 0.5) is 0 Å². The standard InChI is InChI=1S/C16H30N2O2/c19-15(6-5-14-7-11-17-12-8-14)18-13-16(20)9-3-1-2-4-10-16/h14,17,20H,1-13H2,(H,18,19). The zero-order valence-corrected chi connectivity index (χ0v) is 12.6. The lowest BCUT2D eigenvalue weighted by atomic mass is 9.92. The van der Waals surface area contributed by atoms with Gasteiger partial charge in [0.1, 0.15) is 0 Å². The summed E-state index contributed by atoms with van der Waals surface area (Å²) in [5, 5.41) is 16.8. The van der Waals surface area contributed by atoms with Crippen molar-refractivity contribution in [2.45, 2.75) is 69.8 Å². The second-order valence-electron chi connectivity index (χ2n) is 6.65. The minimum atomic E-state index is -0.652. The second kappa shape index (κ2) is 7.99. The molecule has 2 rings (SSSR count). The molecule has 4 nitrogen and oxygen atoms in total. The molecule has 0 aromatic rings. The second-order valence-corrected chi connectivity index (χ2v) is 6.65. The fourth-order valence-corrected chi connectivity index (χ4v) is 3.42. The molecule has 0 bridgehead atoms. The van der Waals surface area contributed by atoms with Crippen LogP contribution in [0.25, 0.3) is 0 Å². The highest BCUT2D eigenvalue weighted by atomic mass is 16.3. The Morgan fingerprint density at radius 1 is 1.15 bits per heavy atom. The van der Waals surface area contributed by atoms with Crippen molar-refractivity contribution >= 4 is 5.91 Å². The predicted molar refractivity (Wildman–Crippen MR) is 80.5 cm³/mol. The maximum atomic E-state index is 11.9. The van der Waals surface area contributed by atoms with Crippen LogP contribution in [0.15, 0.2) is 0 Å². The summed E-state index contributed by atoms with van der Waals surface area (Å²) in [6, 6.07) is 0. The van der Waals surface area contributed by atoms with Crippen molar-refractivity contribution in [2.24, 2.45) is 5.92 Å². The van der Waals surface area contributed by atoms with Gasteiger partial charge >= 0.3 is 0 Å². The van der Waals surface area contributed by atoms with Gasteiger partial charge < -0.3 is 15.7 Å². The number of hydrogen-bond donors (Lipinski definition) is 3. The van der Waals surface area contributed by atoms with Crippen LogP contribution in [0.3, 0.4) is 0 Å². The van der Waals surface area contributed by atoms with Gasteiger partial charge in [-0.1, -0.05) is 25.7 Å². The van der Waals surface area contributed by atoms with Gasteiger partial charge in [-0.2, -0.15) is 0 Å². The largest absolute Gasteiger partial charge is 0.388 e. The van der Waals surface area contributed by atoms with Gasteiger partial charge in [-0.3, -0.25) is 4.79 Å². The monoisotopic (exact) mass is 282 g/mol. The van der Waals surface area contributed by atoms with Crippen LogP contribution in [0, 0.1) is 5.92 Å². The van der Waals surface area contributed by atoms with Crippen molar-refractivity contribution in [3.05, 3.63) is 0 Å². The van der Waals surface area contributed by atoms with E-state index in [0.29, 0.717) is 18.9 Å². The third kappa shape index (κ3) is 5.41. The van der Waals surface area contributed by atoms with E-state index in [-0.39, 0.29) is 5.91 Å². The molecule has 116 valence electrons. The number of carbonyl (C=O) groups excluding carboxylic acids is 1. The van der Waals surface area contributed by atoms with Crippen LogP contribution in [0.2, 0.25) is 0 Å². The Kier molecular flexibility index (Phi) is 6.30. The van der Waals surface area contributed by atoms with Crippen molar-refractivity contribution in [2.75, 3.05) is 19.6 Å². The van der Waals surface area contributed by atoms with Crippen LogP contribution >= 0.6 is 0 Å². The lowest BCUT2D eigenvalue weighted by Gasteiger charge is -2.27. The Hall–Kier alpha value is -0.610. The van der Waals surface area contributed by atoms with Crippen molar-refractivity contribution in [3.8, 4) is 0 Å². The molecule has 20 heavy (non-hydrogen) atoms. The number of nitrogens with one attached hydrogen (secondary N) is 2. The first-order valence-corrected chi connectivity index (χ1v) is 8.38. The Morgan fingerprint density at radius 2 is 1.80 bits per heavy atom. The number of amides is 1. The molecule has 0 radical (unpaired) electrons.